The van der Waals surface area contributed by atoms with Crippen LogP contribution < -0.4 is 37.1 Å². The third-order valence-corrected chi connectivity index (χ3v) is 7.80. The molecule has 0 bridgehead atoms. The molecule has 0 aromatic heterocycles. The van der Waals surface area contributed by atoms with Gasteiger partial charge in [-0.25, -0.2) is 4.79 Å². The standard InChI is InChI=1S/C34H48N6O16/c1-53-13-10-26(43)36-11-3-2-4-20(40-32(50)22(16-35)39-27(44)7-8-29(46)47)31(49)37-12-9-28(45)38-21-14-19(17-54-18-41)5-6-24(21)55-34-30(48)23(42)15-25(56-34)33(51)52/h5-6,14-15,18,20,22-23,30,34,42,48H,2-4,7-13,16-17,35H2,1H3,(H,36,43)(H,37,49)(H,38,45)(H,39,44)(H,40,50)(H,46,47)(H,51,52)/t20-,22?,23-,30+,34+/m0/s1. The lowest BCUT2D eigenvalue weighted by molar-refractivity contribution is -0.172. The summed E-state index contributed by atoms with van der Waals surface area (Å²) in [6.45, 7) is -0.126. The Hall–Kier alpha value is -5.84. The Morgan fingerprint density at radius 3 is 2.30 bits per heavy atom. The summed E-state index contributed by atoms with van der Waals surface area (Å²) in [5.41, 5.74) is 6.00. The predicted octanol–water partition coefficient (Wildman–Crippen LogP) is -2.65. The molecule has 0 saturated heterocycles. The number of hydrogen-bond donors (Lipinski definition) is 10. The molecular weight excluding hydrogens is 748 g/mol. The monoisotopic (exact) mass is 796 g/mol. The van der Waals surface area contributed by atoms with Crippen molar-refractivity contribution in [2.24, 2.45) is 5.73 Å². The first-order chi connectivity index (χ1) is 26.7. The Bertz CT molecular complexity index is 1570. The fourth-order valence-corrected chi connectivity index (χ4v) is 4.87. The summed E-state index contributed by atoms with van der Waals surface area (Å²) in [6.07, 6.45) is -4.56. The van der Waals surface area contributed by atoms with Gasteiger partial charge in [0, 0.05) is 46.0 Å². The van der Waals surface area contributed by atoms with Crippen molar-refractivity contribution in [1.82, 2.24) is 21.3 Å². The van der Waals surface area contributed by atoms with Crippen LogP contribution in [0.2, 0.25) is 0 Å². The molecule has 1 heterocycles. The zero-order valence-corrected chi connectivity index (χ0v) is 30.5. The largest absolute Gasteiger partial charge is 0.481 e. The van der Waals surface area contributed by atoms with Crippen LogP contribution in [0.15, 0.2) is 30.0 Å². The van der Waals surface area contributed by atoms with Crippen LogP contribution in [-0.4, -0.2) is 132 Å². The fraction of sp³-hybridized carbons (Fsp3) is 0.529. The van der Waals surface area contributed by atoms with E-state index in [0.717, 1.165) is 6.08 Å². The zero-order valence-electron chi connectivity index (χ0n) is 30.5. The van der Waals surface area contributed by atoms with Gasteiger partial charge in [-0.15, -0.1) is 0 Å². The van der Waals surface area contributed by atoms with Crippen LogP contribution in [0, 0.1) is 0 Å². The zero-order chi connectivity index (χ0) is 41.6. The first-order valence-corrected chi connectivity index (χ1v) is 17.4. The summed E-state index contributed by atoms with van der Waals surface area (Å²) >= 11 is 0. The SMILES string of the molecule is COCCC(=O)NCCCC[C@H](NC(=O)C(CN)NC(=O)CCC(=O)O)C(=O)NCCC(=O)Nc1cc(COC=O)ccc1O[C@@H]1OC(C(=O)O)=C[C@H](O)[C@H]1O. The van der Waals surface area contributed by atoms with Crippen LogP contribution in [0.4, 0.5) is 5.69 Å². The molecule has 1 aliphatic heterocycles. The van der Waals surface area contributed by atoms with Gasteiger partial charge in [0.15, 0.2) is 6.10 Å². The summed E-state index contributed by atoms with van der Waals surface area (Å²) in [5.74, 6) is -6.77. The number of carboxylic acid groups (broad SMARTS) is 2. The van der Waals surface area contributed by atoms with Gasteiger partial charge in [-0.1, -0.05) is 6.07 Å². The number of benzene rings is 1. The number of hydrogen-bond acceptors (Lipinski definition) is 15. The summed E-state index contributed by atoms with van der Waals surface area (Å²) in [7, 11) is 1.46. The maximum atomic E-state index is 13.3. The van der Waals surface area contributed by atoms with Crippen molar-refractivity contribution in [3.63, 3.8) is 0 Å². The maximum Gasteiger partial charge on any atom is 0.371 e. The van der Waals surface area contributed by atoms with E-state index in [1.807, 2.05) is 0 Å². The number of rotatable bonds is 26. The molecule has 310 valence electrons. The lowest BCUT2D eigenvalue weighted by atomic mass is 10.1. The second-order valence-corrected chi connectivity index (χ2v) is 12.1. The minimum absolute atomic E-state index is 0.0391. The van der Waals surface area contributed by atoms with E-state index < -0.39 is 84.7 Å². The fourth-order valence-electron chi connectivity index (χ4n) is 4.87. The number of carbonyl (C=O) groups excluding carboxylic acids is 6. The Morgan fingerprint density at radius 1 is 0.893 bits per heavy atom. The van der Waals surface area contributed by atoms with Crippen LogP contribution in [0.3, 0.4) is 0 Å². The van der Waals surface area contributed by atoms with Crippen molar-refractivity contribution in [2.75, 3.05) is 38.7 Å². The molecule has 56 heavy (non-hydrogen) atoms. The molecule has 0 saturated carbocycles. The average Bonchev–Trinajstić information content (AvgIpc) is 3.15. The first-order valence-electron chi connectivity index (χ1n) is 17.4. The number of unbranched alkanes of at least 4 members (excludes halogenated alkanes) is 1. The molecule has 0 fully saturated rings. The first kappa shape index (κ1) is 46.3. The van der Waals surface area contributed by atoms with Crippen LogP contribution >= 0.6 is 0 Å². The second-order valence-electron chi connectivity index (χ2n) is 12.1. The number of carbonyl (C=O) groups is 8. The molecule has 5 amide bonds. The molecule has 1 unspecified atom stereocenters. The Balaban J connectivity index is 2.11. The van der Waals surface area contributed by atoms with Crippen LogP contribution in [-0.2, 0) is 59.2 Å². The van der Waals surface area contributed by atoms with Crippen LogP contribution in [0.25, 0.3) is 0 Å². The Kier molecular flexibility index (Phi) is 20.3. The van der Waals surface area contributed by atoms with E-state index in [-0.39, 0.29) is 75.9 Å². The van der Waals surface area contributed by atoms with Crippen molar-refractivity contribution < 1.29 is 77.7 Å². The number of nitrogens with one attached hydrogen (secondary N) is 5. The number of aliphatic hydroxyl groups excluding tert-OH is 2. The van der Waals surface area contributed by atoms with E-state index in [0.29, 0.717) is 18.4 Å². The predicted molar refractivity (Wildman–Crippen MR) is 190 cm³/mol. The number of nitrogens with two attached hydrogens (primary N) is 1. The van der Waals surface area contributed by atoms with Gasteiger partial charge < -0.3 is 71.7 Å². The molecule has 0 spiro atoms. The van der Waals surface area contributed by atoms with Gasteiger partial charge in [0.05, 0.1) is 18.7 Å². The molecule has 0 radical (unpaired) electrons. The van der Waals surface area contributed by atoms with Gasteiger partial charge in [0.2, 0.25) is 35.3 Å². The molecule has 2 rings (SSSR count). The van der Waals surface area contributed by atoms with E-state index in [4.69, 9.17) is 29.8 Å². The van der Waals surface area contributed by atoms with E-state index in [9.17, 15) is 53.7 Å². The van der Waals surface area contributed by atoms with Crippen LogP contribution in [0.1, 0.15) is 50.5 Å². The third kappa shape index (κ3) is 16.7. The molecule has 1 aliphatic rings. The van der Waals surface area contributed by atoms with Crippen molar-refractivity contribution >= 4 is 53.6 Å². The molecule has 22 nitrogen and oxygen atoms in total. The minimum atomic E-state index is -1.73. The van der Waals surface area contributed by atoms with Gasteiger partial charge >= 0.3 is 11.9 Å². The van der Waals surface area contributed by atoms with Gasteiger partial charge in [0.1, 0.15) is 30.5 Å². The highest BCUT2D eigenvalue weighted by molar-refractivity contribution is 5.94. The maximum absolute atomic E-state index is 13.3. The van der Waals surface area contributed by atoms with Crippen molar-refractivity contribution in [2.45, 2.75) is 82.1 Å². The molecule has 0 aliphatic carbocycles. The topological polar surface area (TPSA) is 341 Å². The van der Waals surface area contributed by atoms with E-state index in [1.54, 1.807) is 0 Å². The number of aliphatic carboxylic acids is 2. The number of anilines is 1. The summed E-state index contributed by atoms with van der Waals surface area (Å²) in [4.78, 5) is 96.3. The van der Waals surface area contributed by atoms with Gasteiger partial charge in [-0.05, 0) is 43.0 Å². The molecule has 1 aromatic rings. The van der Waals surface area contributed by atoms with Gasteiger partial charge in [-0.3, -0.25) is 33.6 Å². The Labute approximate surface area is 320 Å². The molecule has 11 N–H and O–H groups in total. The van der Waals surface area contributed by atoms with Crippen LogP contribution in [0.5, 0.6) is 5.75 Å². The molecule has 1 aromatic carbocycles. The van der Waals surface area contributed by atoms with Crippen molar-refractivity contribution in [3.05, 3.63) is 35.6 Å². The van der Waals surface area contributed by atoms with Crippen molar-refractivity contribution in [1.29, 1.82) is 0 Å². The average molecular weight is 797 g/mol. The minimum Gasteiger partial charge on any atom is -0.481 e. The summed E-state index contributed by atoms with van der Waals surface area (Å²) in [6, 6.07) is 1.63. The molecule has 5 atom stereocenters. The Morgan fingerprint density at radius 2 is 1.64 bits per heavy atom. The third-order valence-electron chi connectivity index (χ3n) is 7.80. The molecule has 22 heteroatoms. The van der Waals surface area contributed by atoms with E-state index in [2.05, 4.69) is 26.6 Å². The quantitative estimate of drug-likeness (QED) is 0.0338. The highest BCUT2D eigenvalue weighted by atomic mass is 16.7. The number of amides is 5. The second kappa shape index (κ2) is 24.5. The van der Waals surface area contributed by atoms with E-state index in [1.165, 1.54) is 25.3 Å². The summed E-state index contributed by atoms with van der Waals surface area (Å²) < 4.78 is 20.4. The van der Waals surface area contributed by atoms with E-state index >= 15 is 0 Å². The lowest BCUT2D eigenvalue weighted by Gasteiger charge is -2.31. The number of aliphatic hydroxyl groups is 2. The lowest BCUT2D eigenvalue weighted by Crippen LogP contribution is -2.56. The highest BCUT2D eigenvalue weighted by Crippen LogP contribution is 2.30. The van der Waals surface area contributed by atoms with Gasteiger partial charge in [-0.2, -0.15) is 0 Å². The van der Waals surface area contributed by atoms with Crippen molar-refractivity contribution in [3.8, 4) is 5.75 Å². The highest BCUT2D eigenvalue weighted by Gasteiger charge is 2.37. The summed E-state index contributed by atoms with van der Waals surface area (Å²) in [5, 5.41) is 51.2. The number of carboxylic acids is 2. The molecular formula is C34H48N6O16. The van der Waals surface area contributed by atoms with Gasteiger partial charge in [0.25, 0.3) is 12.8 Å². The normalized spacial score (nSPS) is 17.1. The number of ether oxygens (including phenoxy) is 4. The smallest absolute Gasteiger partial charge is 0.371 e. The number of methoxy groups -OCH3 is 1.